The molecule has 1 N–H and O–H groups in total. The number of anilines is 1. The summed E-state index contributed by atoms with van der Waals surface area (Å²) in [5.41, 5.74) is 5.11. The lowest BCUT2D eigenvalue weighted by atomic mass is 10.1. The minimum Gasteiger partial charge on any atom is -0.393 e. The van der Waals surface area contributed by atoms with Gasteiger partial charge >= 0.3 is 0 Å². The highest BCUT2D eigenvalue weighted by molar-refractivity contribution is 5.68. The molecule has 0 spiro atoms. The van der Waals surface area contributed by atoms with Crippen molar-refractivity contribution in [1.29, 1.82) is 0 Å². The fourth-order valence-electron chi connectivity index (χ4n) is 3.29. The molecule has 24 heavy (non-hydrogen) atoms. The topological polar surface area (TPSA) is 53.7 Å². The number of nitrogens with zero attached hydrogens (tertiary/aromatic N) is 4. The summed E-state index contributed by atoms with van der Waals surface area (Å²) in [6.07, 6.45) is 1.40. The number of hydrogen-bond donors (Lipinski definition) is 1. The maximum atomic E-state index is 9.81. The zero-order chi connectivity index (χ0) is 16.7. The van der Waals surface area contributed by atoms with Gasteiger partial charge in [-0.2, -0.15) is 9.61 Å². The van der Waals surface area contributed by atoms with E-state index in [9.17, 15) is 5.11 Å². The van der Waals surface area contributed by atoms with Gasteiger partial charge in [-0.05, 0) is 26.7 Å². The highest BCUT2D eigenvalue weighted by atomic mass is 16.3. The Labute approximate surface area is 141 Å². The number of aliphatic hydroxyl groups is 1. The molecule has 1 saturated heterocycles. The lowest BCUT2D eigenvalue weighted by molar-refractivity contribution is 0.145. The Morgan fingerprint density at radius 1 is 1.08 bits per heavy atom. The van der Waals surface area contributed by atoms with Gasteiger partial charge in [0.15, 0.2) is 5.65 Å². The van der Waals surface area contributed by atoms with Crippen LogP contribution in [0.3, 0.4) is 0 Å². The maximum Gasteiger partial charge on any atom is 0.161 e. The second-order valence-electron chi connectivity index (χ2n) is 6.53. The Morgan fingerprint density at radius 3 is 2.50 bits per heavy atom. The predicted molar refractivity (Wildman–Crippen MR) is 95.4 cm³/mol. The van der Waals surface area contributed by atoms with Crippen molar-refractivity contribution in [3.8, 4) is 11.3 Å². The molecule has 4 rings (SSSR count). The molecule has 1 aliphatic heterocycles. The van der Waals surface area contributed by atoms with E-state index in [0.29, 0.717) is 0 Å². The van der Waals surface area contributed by atoms with Gasteiger partial charge in [0.1, 0.15) is 5.82 Å². The van der Waals surface area contributed by atoms with E-state index >= 15 is 0 Å². The van der Waals surface area contributed by atoms with Crippen LogP contribution in [0.15, 0.2) is 36.4 Å². The van der Waals surface area contributed by atoms with Crippen molar-refractivity contribution in [1.82, 2.24) is 14.6 Å². The molecule has 5 nitrogen and oxygen atoms in total. The number of fused-ring (bicyclic) bond motifs is 1. The van der Waals surface area contributed by atoms with Crippen LogP contribution in [-0.4, -0.2) is 38.9 Å². The fourth-order valence-corrected chi connectivity index (χ4v) is 3.29. The van der Waals surface area contributed by atoms with Crippen molar-refractivity contribution < 1.29 is 5.11 Å². The van der Waals surface area contributed by atoms with Crippen LogP contribution >= 0.6 is 0 Å². The molecule has 0 atom stereocenters. The van der Waals surface area contributed by atoms with Gasteiger partial charge in [-0.1, -0.05) is 30.3 Å². The van der Waals surface area contributed by atoms with E-state index in [4.69, 9.17) is 10.1 Å². The highest BCUT2D eigenvalue weighted by Crippen LogP contribution is 2.28. The van der Waals surface area contributed by atoms with Gasteiger partial charge in [-0.25, -0.2) is 4.98 Å². The van der Waals surface area contributed by atoms with Crippen LogP contribution in [-0.2, 0) is 0 Å². The normalized spacial score (nSPS) is 16.0. The average Bonchev–Trinajstić information content (AvgIpc) is 2.90. The van der Waals surface area contributed by atoms with Crippen LogP contribution in [0.5, 0.6) is 0 Å². The first-order chi connectivity index (χ1) is 11.6. The van der Waals surface area contributed by atoms with Gasteiger partial charge in [-0.15, -0.1) is 0 Å². The molecule has 0 unspecified atom stereocenters. The first-order valence-corrected chi connectivity index (χ1v) is 8.49. The third kappa shape index (κ3) is 2.55. The third-order valence-corrected chi connectivity index (χ3v) is 4.90. The molecule has 1 aromatic carbocycles. The molecule has 1 aliphatic rings. The van der Waals surface area contributed by atoms with Crippen LogP contribution < -0.4 is 4.90 Å². The summed E-state index contributed by atoms with van der Waals surface area (Å²) < 4.78 is 1.95. The zero-order valence-electron chi connectivity index (χ0n) is 14.1. The van der Waals surface area contributed by atoms with Crippen molar-refractivity contribution >= 4 is 11.5 Å². The maximum absolute atomic E-state index is 9.81. The van der Waals surface area contributed by atoms with E-state index in [-0.39, 0.29) is 6.10 Å². The van der Waals surface area contributed by atoms with Gasteiger partial charge < -0.3 is 10.0 Å². The van der Waals surface area contributed by atoms with Gasteiger partial charge in [0.2, 0.25) is 0 Å². The van der Waals surface area contributed by atoms with Crippen LogP contribution in [0.25, 0.3) is 16.9 Å². The van der Waals surface area contributed by atoms with E-state index < -0.39 is 0 Å². The molecular formula is C19H22N4O. The molecule has 3 heterocycles. The average molecular weight is 322 g/mol. The SMILES string of the molecule is Cc1nn2c(N3CCC(O)CC3)cc(-c3ccccc3)nc2c1C. The fraction of sp³-hybridized carbons (Fsp3) is 0.368. The molecule has 2 aromatic heterocycles. The number of aromatic nitrogens is 3. The van der Waals surface area contributed by atoms with Crippen molar-refractivity contribution in [3.05, 3.63) is 47.7 Å². The minimum absolute atomic E-state index is 0.187. The van der Waals surface area contributed by atoms with Crippen molar-refractivity contribution in [2.24, 2.45) is 0 Å². The van der Waals surface area contributed by atoms with Crippen LogP contribution in [0.1, 0.15) is 24.1 Å². The number of aryl methyl sites for hydroxylation is 2. The van der Waals surface area contributed by atoms with Gasteiger partial charge in [-0.3, -0.25) is 0 Å². The number of rotatable bonds is 2. The second-order valence-corrected chi connectivity index (χ2v) is 6.53. The van der Waals surface area contributed by atoms with E-state index in [0.717, 1.165) is 59.9 Å². The smallest absolute Gasteiger partial charge is 0.161 e. The van der Waals surface area contributed by atoms with E-state index in [1.807, 2.05) is 29.6 Å². The summed E-state index contributed by atoms with van der Waals surface area (Å²) in [6.45, 7) is 5.78. The van der Waals surface area contributed by atoms with Gasteiger partial charge in [0.25, 0.3) is 0 Å². The van der Waals surface area contributed by atoms with Crippen LogP contribution in [0, 0.1) is 13.8 Å². The summed E-state index contributed by atoms with van der Waals surface area (Å²) in [4.78, 5) is 7.17. The molecule has 5 heteroatoms. The monoisotopic (exact) mass is 322 g/mol. The summed E-state index contributed by atoms with van der Waals surface area (Å²) in [7, 11) is 0. The van der Waals surface area contributed by atoms with Crippen LogP contribution in [0.2, 0.25) is 0 Å². The molecule has 3 aromatic rings. The van der Waals surface area contributed by atoms with E-state index in [2.05, 4.69) is 30.0 Å². The molecular weight excluding hydrogens is 300 g/mol. The standard InChI is InChI=1S/C19H22N4O/c1-13-14(2)21-23-18(22-10-8-16(24)9-11-22)12-17(20-19(13)23)15-6-4-3-5-7-15/h3-7,12,16,24H,8-11H2,1-2H3. The minimum atomic E-state index is -0.187. The lowest BCUT2D eigenvalue weighted by Gasteiger charge is -2.31. The molecule has 0 amide bonds. The summed E-state index contributed by atoms with van der Waals surface area (Å²) in [5.74, 6) is 1.06. The molecule has 0 saturated carbocycles. The number of piperidine rings is 1. The highest BCUT2D eigenvalue weighted by Gasteiger charge is 2.22. The lowest BCUT2D eigenvalue weighted by Crippen LogP contribution is -2.37. The largest absolute Gasteiger partial charge is 0.393 e. The van der Waals surface area contributed by atoms with E-state index in [1.54, 1.807) is 0 Å². The van der Waals surface area contributed by atoms with Gasteiger partial charge in [0, 0.05) is 30.3 Å². The second kappa shape index (κ2) is 5.91. The Bertz CT molecular complexity index is 864. The molecule has 1 fully saturated rings. The molecule has 124 valence electrons. The molecule has 0 bridgehead atoms. The number of hydrogen-bond acceptors (Lipinski definition) is 4. The van der Waals surface area contributed by atoms with Crippen molar-refractivity contribution in [3.63, 3.8) is 0 Å². The van der Waals surface area contributed by atoms with E-state index in [1.165, 1.54) is 0 Å². The Kier molecular flexibility index (Phi) is 3.73. The molecule has 0 aliphatic carbocycles. The zero-order valence-corrected chi connectivity index (χ0v) is 14.1. The van der Waals surface area contributed by atoms with Crippen molar-refractivity contribution in [2.45, 2.75) is 32.8 Å². The quantitative estimate of drug-likeness (QED) is 0.788. The summed E-state index contributed by atoms with van der Waals surface area (Å²) >= 11 is 0. The first-order valence-electron chi connectivity index (χ1n) is 8.49. The summed E-state index contributed by atoms with van der Waals surface area (Å²) in [6, 6.07) is 12.4. The Balaban J connectivity index is 1.89. The number of benzene rings is 1. The Hall–Kier alpha value is -2.40. The third-order valence-electron chi connectivity index (χ3n) is 4.90. The first kappa shape index (κ1) is 15.1. The predicted octanol–water partition coefficient (Wildman–Crippen LogP) is 2.97. The van der Waals surface area contributed by atoms with Gasteiger partial charge in [0.05, 0.1) is 17.5 Å². The van der Waals surface area contributed by atoms with Crippen molar-refractivity contribution in [2.75, 3.05) is 18.0 Å². The summed E-state index contributed by atoms with van der Waals surface area (Å²) in [5, 5.41) is 14.5. The molecule has 0 radical (unpaired) electrons. The van der Waals surface area contributed by atoms with Crippen LogP contribution in [0.4, 0.5) is 5.82 Å². The Morgan fingerprint density at radius 2 is 1.79 bits per heavy atom. The number of aliphatic hydroxyl groups excluding tert-OH is 1.